The Hall–Kier alpha value is -3.84. The fourth-order valence-electron chi connectivity index (χ4n) is 3.57. The van der Waals surface area contributed by atoms with Crippen molar-refractivity contribution >= 4 is 12.0 Å². The van der Waals surface area contributed by atoms with Gasteiger partial charge in [-0.25, -0.2) is 4.79 Å². The first-order chi connectivity index (χ1) is 17.0. The Kier molecular flexibility index (Phi) is 10.1. The Balaban J connectivity index is 1.38. The van der Waals surface area contributed by atoms with Crippen LogP contribution in [0.2, 0.25) is 0 Å². The van der Waals surface area contributed by atoms with E-state index < -0.39 is 18.0 Å². The molecule has 35 heavy (non-hydrogen) atoms. The molecule has 0 aromatic heterocycles. The number of ether oxygens (including phenoxy) is 2. The van der Waals surface area contributed by atoms with Crippen molar-refractivity contribution in [2.45, 2.75) is 45.1 Å². The second kappa shape index (κ2) is 13.8. The topological polar surface area (TPSA) is 103 Å². The van der Waals surface area contributed by atoms with Crippen LogP contribution in [0.5, 0.6) is 5.75 Å². The smallest absolute Gasteiger partial charge is 0.407 e. The van der Waals surface area contributed by atoms with Gasteiger partial charge in [0.15, 0.2) is 0 Å². The van der Waals surface area contributed by atoms with E-state index in [1.165, 1.54) is 0 Å². The largest absolute Gasteiger partial charge is 0.489 e. The zero-order valence-corrected chi connectivity index (χ0v) is 20.0. The zero-order valence-electron chi connectivity index (χ0n) is 20.0. The normalized spacial score (nSPS) is 12.4. The lowest BCUT2D eigenvalue weighted by atomic mass is 10.0. The Bertz CT molecular complexity index is 1040. The molecule has 184 valence electrons. The van der Waals surface area contributed by atoms with Gasteiger partial charge in [0, 0.05) is 12.6 Å². The summed E-state index contributed by atoms with van der Waals surface area (Å²) in [7, 11) is 0. The van der Waals surface area contributed by atoms with E-state index in [9.17, 15) is 9.59 Å². The molecule has 0 saturated carbocycles. The monoisotopic (exact) mass is 475 g/mol. The van der Waals surface area contributed by atoms with Gasteiger partial charge in [-0.1, -0.05) is 72.8 Å². The molecular weight excluding hydrogens is 442 g/mol. The molecule has 0 heterocycles. The van der Waals surface area contributed by atoms with Crippen molar-refractivity contribution in [2.24, 2.45) is 5.73 Å². The zero-order chi connectivity index (χ0) is 24.9. The molecule has 7 heteroatoms. The van der Waals surface area contributed by atoms with E-state index in [0.717, 1.165) is 22.4 Å². The van der Waals surface area contributed by atoms with E-state index >= 15 is 0 Å². The Morgan fingerprint density at radius 1 is 0.857 bits per heavy atom. The fourth-order valence-corrected chi connectivity index (χ4v) is 3.57. The number of benzene rings is 3. The van der Waals surface area contributed by atoms with Crippen molar-refractivity contribution in [1.82, 2.24) is 10.6 Å². The highest BCUT2D eigenvalue weighted by Crippen LogP contribution is 2.19. The SMILES string of the molecule is C[C@@H](N[C@H](CCCNC(=O)OCc1ccccc1)C(N)=O)c1ccc(OCc2ccccc2)cc1. The summed E-state index contributed by atoms with van der Waals surface area (Å²) in [5, 5.41) is 5.99. The summed E-state index contributed by atoms with van der Waals surface area (Å²) in [5.41, 5.74) is 8.65. The van der Waals surface area contributed by atoms with Gasteiger partial charge in [-0.2, -0.15) is 0 Å². The Labute approximate surface area is 206 Å². The molecule has 3 rings (SSSR count). The van der Waals surface area contributed by atoms with Crippen LogP contribution in [-0.2, 0) is 22.7 Å². The molecule has 2 atom stereocenters. The minimum absolute atomic E-state index is 0.0838. The van der Waals surface area contributed by atoms with Crippen molar-refractivity contribution in [3.8, 4) is 5.75 Å². The number of rotatable bonds is 13. The maximum absolute atomic E-state index is 12.0. The highest BCUT2D eigenvalue weighted by Gasteiger charge is 2.18. The Morgan fingerprint density at radius 2 is 1.46 bits per heavy atom. The number of amides is 2. The van der Waals surface area contributed by atoms with E-state index in [2.05, 4.69) is 10.6 Å². The number of carbonyl (C=O) groups excluding carboxylic acids is 2. The quantitative estimate of drug-likeness (QED) is 0.317. The number of hydrogen-bond acceptors (Lipinski definition) is 5. The summed E-state index contributed by atoms with van der Waals surface area (Å²) in [5.74, 6) is 0.354. The highest BCUT2D eigenvalue weighted by molar-refractivity contribution is 5.79. The average Bonchev–Trinajstić information content (AvgIpc) is 2.89. The van der Waals surface area contributed by atoms with Crippen molar-refractivity contribution < 1.29 is 19.1 Å². The number of carbonyl (C=O) groups is 2. The predicted molar refractivity (Wildman–Crippen MR) is 136 cm³/mol. The molecular formula is C28H33N3O4. The van der Waals surface area contributed by atoms with E-state index in [1.807, 2.05) is 91.9 Å². The lowest BCUT2D eigenvalue weighted by Crippen LogP contribution is -2.43. The summed E-state index contributed by atoms with van der Waals surface area (Å²) in [6.07, 6.45) is 0.595. The van der Waals surface area contributed by atoms with Crippen LogP contribution in [0.15, 0.2) is 84.9 Å². The number of nitrogens with two attached hydrogens (primary N) is 1. The van der Waals surface area contributed by atoms with Gasteiger partial charge >= 0.3 is 6.09 Å². The van der Waals surface area contributed by atoms with Crippen LogP contribution in [0.3, 0.4) is 0 Å². The van der Waals surface area contributed by atoms with Crippen molar-refractivity contribution in [3.05, 3.63) is 102 Å². The van der Waals surface area contributed by atoms with E-state index in [0.29, 0.717) is 26.0 Å². The van der Waals surface area contributed by atoms with Crippen LogP contribution in [0.1, 0.15) is 42.5 Å². The maximum atomic E-state index is 12.0. The molecule has 0 unspecified atom stereocenters. The third kappa shape index (κ3) is 9.14. The molecule has 3 aromatic rings. The first-order valence-corrected chi connectivity index (χ1v) is 11.8. The van der Waals surface area contributed by atoms with Gasteiger partial charge in [-0.15, -0.1) is 0 Å². The molecule has 0 bridgehead atoms. The van der Waals surface area contributed by atoms with Crippen molar-refractivity contribution in [3.63, 3.8) is 0 Å². The first-order valence-electron chi connectivity index (χ1n) is 11.8. The first kappa shape index (κ1) is 25.8. The molecule has 0 spiro atoms. The molecule has 2 amide bonds. The lowest BCUT2D eigenvalue weighted by molar-refractivity contribution is -0.120. The molecule has 0 aliphatic heterocycles. The standard InChI is InChI=1S/C28H33N3O4/c1-21(24-14-16-25(17-15-24)34-19-22-9-4-2-5-10-22)31-26(27(29)32)13-8-18-30-28(33)35-20-23-11-6-3-7-12-23/h2-7,9-12,14-17,21,26,31H,8,13,18-20H2,1H3,(H2,29,32)(H,30,33)/t21-,26-/m1/s1. The second-order valence-electron chi connectivity index (χ2n) is 8.32. The van der Waals surface area contributed by atoms with Crippen molar-refractivity contribution in [2.75, 3.05) is 6.54 Å². The molecule has 4 N–H and O–H groups in total. The summed E-state index contributed by atoms with van der Waals surface area (Å²) in [4.78, 5) is 23.8. The lowest BCUT2D eigenvalue weighted by Gasteiger charge is -2.21. The van der Waals surface area contributed by atoms with Crippen molar-refractivity contribution in [1.29, 1.82) is 0 Å². The van der Waals surface area contributed by atoms with Crippen LogP contribution in [0, 0.1) is 0 Å². The number of primary amides is 1. The molecule has 0 radical (unpaired) electrons. The van der Waals surface area contributed by atoms with Gasteiger partial charge < -0.3 is 20.5 Å². The van der Waals surface area contributed by atoms with Gasteiger partial charge in [0.05, 0.1) is 6.04 Å². The second-order valence-corrected chi connectivity index (χ2v) is 8.32. The van der Waals surface area contributed by atoms with Gasteiger partial charge in [0.2, 0.25) is 5.91 Å². The van der Waals surface area contributed by atoms with Gasteiger partial charge in [-0.05, 0) is 48.6 Å². The molecule has 0 saturated heterocycles. The molecule has 3 aromatic carbocycles. The van der Waals surface area contributed by atoms with Gasteiger partial charge in [-0.3, -0.25) is 10.1 Å². The third-order valence-corrected chi connectivity index (χ3v) is 5.57. The molecule has 0 aliphatic rings. The highest BCUT2D eigenvalue weighted by atomic mass is 16.5. The van der Waals surface area contributed by atoms with Gasteiger partial charge in [0.25, 0.3) is 0 Å². The van der Waals surface area contributed by atoms with E-state index in [4.69, 9.17) is 15.2 Å². The minimum Gasteiger partial charge on any atom is -0.489 e. The predicted octanol–water partition coefficient (Wildman–Crippen LogP) is 4.48. The third-order valence-electron chi connectivity index (χ3n) is 5.57. The van der Waals surface area contributed by atoms with Crippen LogP contribution >= 0.6 is 0 Å². The number of nitrogens with one attached hydrogen (secondary N) is 2. The van der Waals surface area contributed by atoms with Crippen LogP contribution in [0.4, 0.5) is 4.79 Å². The van der Waals surface area contributed by atoms with E-state index in [1.54, 1.807) is 0 Å². The van der Waals surface area contributed by atoms with Crippen LogP contribution in [-0.4, -0.2) is 24.6 Å². The Morgan fingerprint density at radius 3 is 2.06 bits per heavy atom. The minimum atomic E-state index is -0.513. The van der Waals surface area contributed by atoms with E-state index in [-0.39, 0.29) is 12.6 Å². The van der Waals surface area contributed by atoms with Gasteiger partial charge in [0.1, 0.15) is 19.0 Å². The average molecular weight is 476 g/mol. The molecule has 7 nitrogen and oxygen atoms in total. The summed E-state index contributed by atoms with van der Waals surface area (Å²) >= 11 is 0. The maximum Gasteiger partial charge on any atom is 0.407 e. The van der Waals surface area contributed by atoms with Crippen LogP contribution < -0.4 is 21.1 Å². The molecule has 0 fully saturated rings. The summed E-state index contributed by atoms with van der Waals surface area (Å²) < 4.78 is 11.0. The number of alkyl carbamates (subject to hydrolysis) is 1. The molecule has 0 aliphatic carbocycles. The summed E-state index contributed by atoms with van der Waals surface area (Å²) in [6.45, 7) is 3.09. The number of hydrogen-bond donors (Lipinski definition) is 3. The summed E-state index contributed by atoms with van der Waals surface area (Å²) in [6, 6.07) is 26.6. The fraction of sp³-hybridized carbons (Fsp3) is 0.286. The van der Waals surface area contributed by atoms with Crippen LogP contribution in [0.25, 0.3) is 0 Å².